The monoisotopic (exact) mass is 440 g/mol. The van der Waals surface area contributed by atoms with Gasteiger partial charge in [0.15, 0.2) is 5.65 Å². The highest BCUT2D eigenvalue weighted by Crippen LogP contribution is 2.37. The van der Waals surface area contributed by atoms with Crippen LogP contribution in [0.3, 0.4) is 0 Å². The Morgan fingerprint density at radius 1 is 1.17 bits per heavy atom. The molecule has 4 rings (SSSR count). The fourth-order valence-corrected chi connectivity index (χ4v) is 3.94. The van der Waals surface area contributed by atoms with E-state index >= 15 is 0 Å². The molecule has 0 saturated carbocycles. The molecule has 0 aromatic carbocycles. The van der Waals surface area contributed by atoms with Gasteiger partial charge in [-0.3, -0.25) is 9.48 Å². The van der Waals surface area contributed by atoms with E-state index < -0.39 is 18.6 Å². The van der Waals surface area contributed by atoms with Crippen molar-refractivity contribution in [3.8, 4) is 22.3 Å². The fourth-order valence-electron chi connectivity index (χ4n) is 2.72. The van der Waals surface area contributed by atoms with Crippen molar-refractivity contribution >= 4 is 34.5 Å². The van der Waals surface area contributed by atoms with E-state index in [4.69, 9.17) is 11.6 Å². The third kappa shape index (κ3) is 3.96. The van der Waals surface area contributed by atoms with Crippen LogP contribution in [-0.2, 0) is 7.05 Å². The molecule has 0 aliphatic heterocycles. The number of thiophene rings is 1. The summed E-state index contributed by atoms with van der Waals surface area (Å²) in [6.07, 6.45) is 4.04. The van der Waals surface area contributed by atoms with Gasteiger partial charge >= 0.3 is 6.18 Å². The molecule has 0 saturated heterocycles. The Kier molecular flexibility index (Phi) is 4.79. The average molecular weight is 441 g/mol. The van der Waals surface area contributed by atoms with E-state index in [2.05, 4.69) is 15.2 Å². The van der Waals surface area contributed by atoms with Crippen molar-refractivity contribution in [2.24, 2.45) is 7.05 Å². The predicted molar refractivity (Wildman–Crippen MR) is 102 cm³/mol. The van der Waals surface area contributed by atoms with Crippen LogP contribution in [0, 0.1) is 0 Å². The number of hydrogen-bond acceptors (Lipinski definition) is 5. The van der Waals surface area contributed by atoms with Gasteiger partial charge in [-0.15, -0.1) is 11.3 Å². The van der Waals surface area contributed by atoms with E-state index in [0.29, 0.717) is 16.8 Å². The van der Waals surface area contributed by atoms with Gasteiger partial charge in [0.05, 0.1) is 17.3 Å². The first-order chi connectivity index (χ1) is 13.7. The van der Waals surface area contributed by atoms with Crippen molar-refractivity contribution < 1.29 is 18.0 Å². The number of carbonyl (C=O) groups is 1. The van der Waals surface area contributed by atoms with Crippen molar-refractivity contribution in [1.82, 2.24) is 29.7 Å². The number of carbonyl (C=O) groups excluding carboxylic acids is 1. The van der Waals surface area contributed by atoms with Gasteiger partial charge in [0, 0.05) is 47.9 Å². The van der Waals surface area contributed by atoms with E-state index in [1.165, 1.54) is 6.07 Å². The van der Waals surface area contributed by atoms with Crippen molar-refractivity contribution in [2.75, 3.05) is 6.54 Å². The molecule has 0 radical (unpaired) electrons. The summed E-state index contributed by atoms with van der Waals surface area (Å²) in [6.45, 7) is -1.41. The number of nitrogens with zero attached hydrogens (tertiary/aromatic N) is 5. The first-order valence-electron chi connectivity index (χ1n) is 8.18. The van der Waals surface area contributed by atoms with Crippen LogP contribution in [0.15, 0.2) is 37.1 Å². The highest BCUT2D eigenvalue weighted by atomic mass is 35.5. The number of aryl methyl sites for hydroxylation is 1. The Morgan fingerprint density at radius 3 is 2.62 bits per heavy atom. The van der Waals surface area contributed by atoms with E-state index in [9.17, 15) is 18.0 Å². The number of amides is 1. The molecule has 0 atom stereocenters. The number of nitrogens with one attached hydrogen (secondary N) is 1. The molecule has 12 heteroatoms. The molecule has 0 unspecified atom stereocenters. The van der Waals surface area contributed by atoms with Crippen LogP contribution < -0.4 is 5.32 Å². The zero-order valence-electron chi connectivity index (χ0n) is 14.7. The standard InChI is InChI=1S/C17H12ClF3N6OS/c1-26-6-10(4-24-26)9-3-22-15-12(5-25-27(15)7-9)11-2-13(29-14(11)18)16(28)23-8-17(19,20)21/h2-7H,8H2,1H3,(H,23,28). The molecule has 0 aliphatic carbocycles. The Labute approximate surface area is 170 Å². The fraction of sp³-hybridized carbons (Fsp3) is 0.176. The van der Waals surface area contributed by atoms with Gasteiger partial charge in [-0.2, -0.15) is 23.4 Å². The van der Waals surface area contributed by atoms with Crippen molar-refractivity contribution in [3.63, 3.8) is 0 Å². The van der Waals surface area contributed by atoms with Gasteiger partial charge < -0.3 is 5.32 Å². The lowest BCUT2D eigenvalue weighted by Crippen LogP contribution is -2.33. The van der Waals surface area contributed by atoms with Crippen LogP contribution in [0.25, 0.3) is 27.9 Å². The van der Waals surface area contributed by atoms with E-state index in [-0.39, 0.29) is 9.21 Å². The number of hydrogen-bond donors (Lipinski definition) is 1. The SMILES string of the molecule is Cn1cc(-c2cnc3c(-c4cc(C(=O)NCC(F)(F)F)sc4Cl)cnn3c2)cn1. The Bertz CT molecular complexity index is 1210. The molecule has 0 bridgehead atoms. The molecule has 4 aromatic heterocycles. The Hall–Kier alpha value is -2.92. The van der Waals surface area contributed by atoms with E-state index in [1.54, 1.807) is 34.0 Å². The van der Waals surface area contributed by atoms with Crippen molar-refractivity contribution in [3.05, 3.63) is 46.3 Å². The second-order valence-electron chi connectivity index (χ2n) is 6.17. The topological polar surface area (TPSA) is 77.1 Å². The lowest BCUT2D eigenvalue weighted by atomic mass is 10.1. The largest absolute Gasteiger partial charge is 0.405 e. The molecule has 1 amide bonds. The molecule has 0 spiro atoms. The maximum atomic E-state index is 12.3. The normalized spacial score (nSPS) is 11.9. The van der Waals surface area contributed by atoms with Gasteiger partial charge in [-0.05, 0) is 6.07 Å². The molecular weight excluding hydrogens is 429 g/mol. The van der Waals surface area contributed by atoms with E-state index in [1.807, 2.05) is 18.6 Å². The maximum absolute atomic E-state index is 12.3. The molecule has 0 aliphatic rings. The second kappa shape index (κ2) is 7.16. The van der Waals surface area contributed by atoms with Crippen LogP contribution in [0.2, 0.25) is 4.34 Å². The number of alkyl halides is 3. The average Bonchev–Trinajstić information content (AvgIpc) is 3.36. The quantitative estimate of drug-likeness (QED) is 0.523. The van der Waals surface area contributed by atoms with Crippen LogP contribution in [0.1, 0.15) is 9.67 Å². The first-order valence-corrected chi connectivity index (χ1v) is 9.38. The minimum absolute atomic E-state index is 0.0700. The highest BCUT2D eigenvalue weighted by Gasteiger charge is 2.28. The smallest absolute Gasteiger partial charge is 0.342 e. The molecule has 4 heterocycles. The zero-order chi connectivity index (χ0) is 20.8. The number of aromatic nitrogens is 5. The number of halogens is 4. The van der Waals surface area contributed by atoms with Gasteiger partial charge in [0.1, 0.15) is 10.9 Å². The zero-order valence-corrected chi connectivity index (χ0v) is 16.3. The lowest BCUT2D eigenvalue weighted by molar-refractivity contribution is -0.123. The molecule has 4 aromatic rings. The molecule has 29 heavy (non-hydrogen) atoms. The third-order valence-corrected chi connectivity index (χ3v) is 5.40. The minimum Gasteiger partial charge on any atom is -0.342 e. The summed E-state index contributed by atoms with van der Waals surface area (Å²) in [5, 5.41) is 10.2. The first kappa shape index (κ1) is 19.4. The van der Waals surface area contributed by atoms with Crippen LogP contribution in [0.4, 0.5) is 13.2 Å². The predicted octanol–water partition coefficient (Wildman–Crippen LogP) is 3.80. The van der Waals surface area contributed by atoms with E-state index in [0.717, 1.165) is 22.5 Å². The Balaban J connectivity index is 1.65. The van der Waals surface area contributed by atoms with Gasteiger partial charge in [0.25, 0.3) is 5.91 Å². The lowest BCUT2D eigenvalue weighted by Gasteiger charge is -2.06. The van der Waals surface area contributed by atoms with Crippen molar-refractivity contribution in [1.29, 1.82) is 0 Å². The van der Waals surface area contributed by atoms with Gasteiger partial charge in [-0.1, -0.05) is 11.6 Å². The number of fused-ring (bicyclic) bond motifs is 1. The third-order valence-electron chi connectivity index (χ3n) is 4.04. The van der Waals surface area contributed by atoms with Crippen LogP contribution in [0.5, 0.6) is 0 Å². The molecule has 150 valence electrons. The molecule has 1 N–H and O–H groups in total. The summed E-state index contributed by atoms with van der Waals surface area (Å²) >= 11 is 7.13. The van der Waals surface area contributed by atoms with Crippen LogP contribution >= 0.6 is 22.9 Å². The van der Waals surface area contributed by atoms with Crippen LogP contribution in [-0.4, -0.2) is 43.0 Å². The summed E-state index contributed by atoms with van der Waals surface area (Å²) in [5.74, 6) is -0.844. The summed E-state index contributed by atoms with van der Waals surface area (Å²) in [4.78, 5) is 16.5. The minimum atomic E-state index is -4.49. The highest BCUT2D eigenvalue weighted by molar-refractivity contribution is 7.18. The van der Waals surface area contributed by atoms with Gasteiger partial charge in [0.2, 0.25) is 0 Å². The summed E-state index contributed by atoms with van der Waals surface area (Å²) in [7, 11) is 1.81. The second-order valence-corrected chi connectivity index (χ2v) is 7.82. The summed E-state index contributed by atoms with van der Waals surface area (Å²) in [5.41, 5.74) is 3.23. The molecule has 7 nitrogen and oxygen atoms in total. The Morgan fingerprint density at radius 2 is 1.93 bits per heavy atom. The number of rotatable bonds is 4. The summed E-state index contributed by atoms with van der Waals surface area (Å²) in [6, 6.07) is 1.44. The maximum Gasteiger partial charge on any atom is 0.405 e. The molecule has 0 fully saturated rings. The van der Waals surface area contributed by atoms with Gasteiger partial charge in [-0.25, -0.2) is 9.50 Å². The molecular formula is C17H12ClF3N6OS. The summed E-state index contributed by atoms with van der Waals surface area (Å²) < 4.78 is 40.4. The van der Waals surface area contributed by atoms with Crippen molar-refractivity contribution in [2.45, 2.75) is 6.18 Å².